The van der Waals surface area contributed by atoms with E-state index in [1.807, 2.05) is 25.2 Å². The summed E-state index contributed by atoms with van der Waals surface area (Å²) in [6, 6.07) is 20.5. The number of carbonyl (C=O) groups excluding carboxylic acids is 1. The minimum Gasteiger partial charge on any atom is -0.387 e. The summed E-state index contributed by atoms with van der Waals surface area (Å²) in [5.74, 6) is -0.0883. The number of hydrogen-bond acceptors (Lipinski definition) is 3. The first kappa shape index (κ1) is 19.0. The van der Waals surface area contributed by atoms with E-state index < -0.39 is 0 Å². The van der Waals surface area contributed by atoms with Gasteiger partial charge in [0.1, 0.15) is 0 Å². The van der Waals surface area contributed by atoms with Crippen LogP contribution in [0, 0.1) is 0 Å². The van der Waals surface area contributed by atoms with Gasteiger partial charge in [-0.05, 0) is 53.4 Å². The molecule has 2 unspecified atom stereocenters. The number of rotatable bonds is 5. The Morgan fingerprint density at radius 3 is 2.71 bits per heavy atom. The zero-order valence-electron chi connectivity index (χ0n) is 15.7. The van der Waals surface area contributed by atoms with Crippen LogP contribution in [0.3, 0.4) is 0 Å². The van der Waals surface area contributed by atoms with E-state index in [2.05, 4.69) is 69.0 Å². The van der Waals surface area contributed by atoms with Gasteiger partial charge in [0.15, 0.2) is 0 Å². The van der Waals surface area contributed by atoms with Crippen LogP contribution >= 0.6 is 15.9 Å². The Labute approximate surface area is 173 Å². The van der Waals surface area contributed by atoms with E-state index in [1.165, 1.54) is 16.3 Å². The molecule has 0 bridgehead atoms. The van der Waals surface area contributed by atoms with Crippen LogP contribution in [0.1, 0.15) is 34.9 Å². The van der Waals surface area contributed by atoms with Gasteiger partial charge in [0.05, 0.1) is 17.8 Å². The number of halogens is 1. The van der Waals surface area contributed by atoms with Gasteiger partial charge in [-0.2, -0.15) is 0 Å². The zero-order chi connectivity index (χ0) is 19.5. The van der Waals surface area contributed by atoms with Gasteiger partial charge in [0.25, 0.3) is 5.91 Å². The van der Waals surface area contributed by atoms with Crippen molar-refractivity contribution in [2.45, 2.75) is 25.0 Å². The van der Waals surface area contributed by atoms with Gasteiger partial charge in [-0.25, -0.2) is 0 Å². The highest BCUT2D eigenvalue weighted by Crippen LogP contribution is 2.34. The van der Waals surface area contributed by atoms with E-state index in [-0.39, 0.29) is 18.1 Å². The van der Waals surface area contributed by atoms with Crippen LogP contribution in [-0.4, -0.2) is 25.6 Å². The summed E-state index contributed by atoms with van der Waals surface area (Å²) in [6.07, 6.45) is 2.04. The van der Waals surface area contributed by atoms with Crippen LogP contribution in [0.4, 0.5) is 5.69 Å². The highest BCUT2D eigenvalue weighted by molar-refractivity contribution is 9.10. The lowest BCUT2D eigenvalue weighted by atomic mass is 10.0. The molecule has 2 atom stereocenters. The van der Waals surface area contributed by atoms with E-state index >= 15 is 0 Å². The summed E-state index contributed by atoms with van der Waals surface area (Å²) < 4.78 is 7.16. The van der Waals surface area contributed by atoms with Crippen LogP contribution in [0.2, 0.25) is 0 Å². The molecule has 1 aliphatic rings. The predicted octanol–water partition coefficient (Wildman–Crippen LogP) is 5.29. The second kappa shape index (κ2) is 8.33. The van der Waals surface area contributed by atoms with E-state index in [4.69, 9.17) is 4.74 Å². The van der Waals surface area contributed by atoms with Crippen LogP contribution < -0.4 is 10.6 Å². The summed E-state index contributed by atoms with van der Waals surface area (Å²) in [7, 11) is 1.81. The standard InChI is InChI=1S/C23H23BrN2O2/c1-25-21-13-18(24)8-10-20(21)23(27)26-14-19-9-11-22(28-19)17-7-6-15-4-2-3-5-16(15)12-17/h2-8,10,12-13,19,22,25H,9,11,14H2,1H3,(H,26,27). The van der Waals surface area contributed by atoms with Crippen LogP contribution in [-0.2, 0) is 4.74 Å². The van der Waals surface area contributed by atoms with Gasteiger partial charge in [0, 0.05) is 23.8 Å². The van der Waals surface area contributed by atoms with Crippen LogP contribution in [0.15, 0.2) is 65.1 Å². The molecule has 28 heavy (non-hydrogen) atoms. The minimum absolute atomic E-state index is 0.0360. The molecule has 1 heterocycles. The topological polar surface area (TPSA) is 50.4 Å². The first-order chi connectivity index (χ1) is 13.6. The number of nitrogens with one attached hydrogen (secondary N) is 2. The molecule has 1 saturated heterocycles. The first-order valence-electron chi connectivity index (χ1n) is 9.53. The molecule has 0 spiro atoms. The van der Waals surface area contributed by atoms with E-state index in [0.717, 1.165) is 23.0 Å². The Morgan fingerprint density at radius 2 is 1.89 bits per heavy atom. The molecular weight excluding hydrogens is 416 g/mol. The van der Waals surface area contributed by atoms with E-state index in [9.17, 15) is 4.79 Å². The van der Waals surface area contributed by atoms with Crippen molar-refractivity contribution in [2.24, 2.45) is 0 Å². The highest BCUT2D eigenvalue weighted by Gasteiger charge is 2.27. The molecule has 0 saturated carbocycles. The molecule has 3 aromatic carbocycles. The maximum Gasteiger partial charge on any atom is 0.253 e. The van der Waals surface area contributed by atoms with Gasteiger partial charge in [0.2, 0.25) is 0 Å². The molecule has 144 valence electrons. The Kier molecular flexibility index (Phi) is 5.64. The Hall–Kier alpha value is -2.37. The van der Waals surface area contributed by atoms with Crippen molar-refractivity contribution in [1.82, 2.24) is 5.32 Å². The van der Waals surface area contributed by atoms with Gasteiger partial charge in [-0.15, -0.1) is 0 Å². The molecule has 2 N–H and O–H groups in total. The van der Waals surface area contributed by atoms with Gasteiger partial charge < -0.3 is 15.4 Å². The van der Waals surface area contributed by atoms with Gasteiger partial charge >= 0.3 is 0 Å². The first-order valence-corrected chi connectivity index (χ1v) is 10.3. The lowest BCUT2D eigenvalue weighted by Crippen LogP contribution is -2.32. The summed E-state index contributed by atoms with van der Waals surface area (Å²) in [6.45, 7) is 0.516. The van der Waals surface area contributed by atoms with Crippen molar-refractivity contribution in [2.75, 3.05) is 18.9 Å². The normalized spacial score (nSPS) is 18.9. The van der Waals surface area contributed by atoms with Crippen molar-refractivity contribution in [3.63, 3.8) is 0 Å². The van der Waals surface area contributed by atoms with Crippen molar-refractivity contribution >= 4 is 38.3 Å². The number of hydrogen-bond donors (Lipinski definition) is 2. The SMILES string of the molecule is CNc1cc(Br)ccc1C(=O)NCC1CCC(c2ccc3ccccc3c2)O1. The maximum absolute atomic E-state index is 12.6. The maximum atomic E-state index is 12.6. The molecule has 4 rings (SSSR count). The Morgan fingerprint density at radius 1 is 1.07 bits per heavy atom. The summed E-state index contributed by atoms with van der Waals surface area (Å²) in [5, 5.41) is 8.55. The molecule has 0 radical (unpaired) electrons. The predicted molar refractivity (Wildman–Crippen MR) is 117 cm³/mol. The Balaban J connectivity index is 1.37. The number of ether oxygens (including phenoxy) is 1. The van der Waals surface area contributed by atoms with Crippen LogP contribution in [0.5, 0.6) is 0 Å². The third kappa shape index (κ3) is 4.05. The number of benzene rings is 3. The average Bonchev–Trinajstić information content (AvgIpc) is 3.20. The lowest BCUT2D eigenvalue weighted by Gasteiger charge is -2.16. The van der Waals surface area contributed by atoms with Gasteiger partial charge in [-0.3, -0.25) is 4.79 Å². The molecule has 1 amide bonds. The average molecular weight is 439 g/mol. The fourth-order valence-electron chi connectivity index (χ4n) is 3.73. The number of fused-ring (bicyclic) bond motifs is 1. The van der Waals surface area contributed by atoms with Crippen LogP contribution in [0.25, 0.3) is 10.8 Å². The second-order valence-corrected chi connectivity index (χ2v) is 8.00. The Bertz CT molecular complexity index is 1000. The van der Waals surface area contributed by atoms with Crippen molar-refractivity contribution in [1.29, 1.82) is 0 Å². The fraction of sp³-hybridized carbons (Fsp3) is 0.261. The molecule has 0 aliphatic carbocycles. The van der Waals surface area contributed by atoms with E-state index in [1.54, 1.807) is 0 Å². The number of carbonyl (C=O) groups is 1. The molecule has 4 nitrogen and oxygen atoms in total. The smallest absolute Gasteiger partial charge is 0.253 e. The van der Waals surface area contributed by atoms with E-state index in [0.29, 0.717) is 12.1 Å². The van der Waals surface area contributed by atoms with Gasteiger partial charge in [-0.1, -0.05) is 52.3 Å². The monoisotopic (exact) mass is 438 g/mol. The second-order valence-electron chi connectivity index (χ2n) is 7.08. The molecule has 1 fully saturated rings. The van der Waals surface area contributed by atoms with Crippen molar-refractivity contribution in [3.05, 3.63) is 76.3 Å². The zero-order valence-corrected chi connectivity index (χ0v) is 17.3. The number of amides is 1. The largest absolute Gasteiger partial charge is 0.387 e. The third-order valence-corrected chi connectivity index (χ3v) is 5.73. The molecule has 0 aromatic heterocycles. The minimum atomic E-state index is -0.0883. The molecule has 1 aliphatic heterocycles. The van der Waals surface area contributed by atoms with Crippen molar-refractivity contribution in [3.8, 4) is 0 Å². The molecular formula is C23H23BrN2O2. The van der Waals surface area contributed by atoms with Crippen molar-refractivity contribution < 1.29 is 9.53 Å². The summed E-state index contributed by atoms with van der Waals surface area (Å²) in [4.78, 5) is 12.6. The highest BCUT2D eigenvalue weighted by atomic mass is 79.9. The third-order valence-electron chi connectivity index (χ3n) is 5.24. The summed E-state index contributed by atoms with van der Waals surface area (Å²) >= 11 is 3.43. The fourth-order valence-corrected chi connectivity index (χ4v) is 4.09. The number of anilines is 1. The lowest BCUT2D eigenvalue weighted by molar-refractivity contribution is 0.0436. The molecule has 5 heteroatoms. The molecule has 3 aromatic rings. The summed E-state index contributed by atoms with van der Waals surface area (Å²) in [5.41, 5.74) is 2.64. The quantitative estimate of drug-likeness (QED) is 0.568.